The summed E-state index contributed by atoms with van der Waals surface area (Å²) in [6.45, 7) is 0.176. The minimum Gasteiger partial charge on any atom is -0.478 e. The van der Waals surface area contributed by atoms with E-state index in [9.17, 15) is 13.2 Å². The van der Waals surface area contributed by atoms with E-state index in [1.807, 2.05) is 0 Å². The number of rotatable bonds is 3. The number of halogens is 1. The molecule has 1 aromatic rings. The fraction of sp³-hybridized carbons (Fsp3) is 0.611. The highest BCUT2D eigenvalue weighted by atomic mass is 35.5. The average molecular weight is 401 g/mol. The van der Waals surface area contributed by atoms with Gasteiger partial charge in [0.1, 0.15) is 5.75 Å². The SMILES string of the molecule is CS(=O)(=O)N1CCC(C(=O)NC2CCCCCC2)Oc2ccc(Cl)cc21. The van der Waals surface area contributed by atoms with Crippen molar-refractivity contribution < 1.29 is 17.9 Å². The molecule has 3 rings (SSSR count). The van der Waals surface area contributed by atoms with E-state index < -0.39 is 16.1 Å². The molecule has 1 aliphatic carbocycles. The van der Waals surface area contributed by atoms with Gasteiger partial charge in [-0.2, -0.15) is 0 Å². The number of carbonyl (C=O) groups excluding carboxylic acids is 1. The van der Waals surface area contributed by atoms with Gasteiger partial charge in [0.2, 0.25) is 10.0 Å². The Bertz CT molecular complexity index is 760. The number of nitrogens with one attached hydrogen (secondary N) is 1. The van der Waals surface area contributed by atoms with Gasteiger partial charge >= 0.3 is 0 Å². The predicted octanol–water partition coefficient (Wildman–Crippen LogP) is 3.10. The van der Waals surface area contributed by atoms with Crippen LogP contribution in [0.25, 0.3) is 0 Å². The molecule has 1 aromatic carbocycles. The number of carbonyl (C=O) groups is 1. The predicted molar refractivity (Wildman–Crippen MR) is 102 cm³/mol. The molecule has 1 saturated carbocycles. The number of anilines is 1. The monoisotopic (exact) mass is 400 g/mol. The minimum atomic E-state index is -3.50. The van der Waals surface area contributed by atoms with Crippen molar-refractivity contribution in [3.8, 4) is 5.75 Å². The second-order valence-corrected chi connectivity index (χ2v) is 9.38. The smallest absolute Gasteiger partial charge is 0.261 e. The summed E-state index contributed by atoms with van der Waals surface area (Å²) in [5.74, 6) is 0.187. The number of sulfonamides is 1. The van der Waals surface area contributed by atoms with Crippen LogP contribution in [0, 0.1) is 0 Å². The highest BCUT2D eigenvalue weighted by Crippen LogP contribution is 2.36. The van der Waals surface area contributed by atoms with Crippen molar-refractivity contribution in [2.75, 3.05) is 17.1 Å². The molecule has 0 bridgehead atoms. The van der Waals surface area contributed by atoms with E-state index >= 15 is 0 Å². The summed E-state index contributed by atoms with van der Waals surface area (Å²) < 4.78 is 31.5. The van der Waals surface area contributed by atoms with Crippen molar-refractivity contribution in [2.45, 2.75) is 57.1 Å². The maximum atomic E-state index is 12.7. The zero-order valence-corrected chi connectivity index (χ0v) is 16.5. The zero-order chi connectivity index (χ0) is 18.7. The van der Waals surface area contributed by atoms with E-state index in [-0.39, 0.29) is 24.9 Å². The molecule has 1 N–H and O–H groups in total. The number of ether oxygens (including phenoxy) is 1. The number of amides is 1. The van der Waals surface area contributed by atoms with Crippen molar-refractivity contribution in [3.05, 3.63) is 23.2 Å². The van der Waals surface area contributed by atoms with Gasteiger partial charge in [-0.05, 0) is 31.0 Å². The topological polar surface area (TPSA) is 75.7 Å². The molecule has 8 heteroatoms. The van der Waals surface area contributed by atoms with Crippen molar-refractivity contribution >= 4 is 33.2 Å². The van der Waals surface area contributed by atoms with Crippen molar-refractivity contribution in [1.29, 1.82) is 0 Å². The van der Waals surface area contributed by atoms with Gasteiger partial charge in [-0.25, -0.2) is 8.42 Å². The standard InChI is InChI=1S/C18H25ClN2O4S/c1-26(23,24)21-11-10-17(25-16-9-8-13(19)12-15(16)21)18(22)20-14-6-4-2-3-5-7-14/h8-9,12,14,17H,2-7,10-11H2,1H3,(H,20,22). The highest BCUT2D eigenvalue weighted by molar-refractivity contribution is 7.92. The molecule has 1 amide bonds. The van der Waals surface area contributed by atoms with Gasteiger partial charge in [0.15, 0.2) is 6.10 Å². The number of nitrogens with zero attached hydrogens (tertiary/aromatic N) is 1. The minimum absolute atomic E-state index is 0.173. The van der Waals surface area contributed by atoms with E-state index in [0.29, 0.717) is 16.5 Å². The quantitative estimate of drug-likeness (QED) is 0.791. The molecule has 1 fully saturated rings. The lowest BCUT2D eigenvalue weighted by Gasteiger charge is -2.21. The summed E-state index contributed by atoms with van der Waals surface area (Å²) in [5, 5.41) is 3.51. The summed E-state index contributed by atoms with van der Waals surface area (Å²) >= 11 is 6.03. The van der Waals surface area contributed by atoms with E-state index in [1.54, 1.807) is 18.2 Å². The Balaban J connectivity index is 1.79. The maximum Gasteiger partial charge on any atom is 0.261 e. The number of benzene rings is 1. The van der Waals surface area contributed by atoms with Gasteiger partial charge in [-0.1, -0.05) is 37.3 Å². The third kappa shape index (κ3) is 4.62. The lowest BCUT2D eigenvalue weighted by molar-refractivity contribution is -0.128. The molecule has 1 atom stereocenters. The van der Waals surface area contributed by atoms with Gasteiger partial charge in [0, 0.05) is 24.0 Å². The van der Waals surface area contributed by atoms with E-state index in [0.717, 1.165) is 31.9 Å². The Morgan fingerprint density at radius 2 is 1.88 bits per heavy atom. The van der Waals surface area contributed by atoms with Gasteiger partial charge in [-0.3, -0.25) is 9.10 Å². The summed E-state index contributed by atoms with van der Waals surface area (Å²) in [7, 11) is -3.50. The van der Waals surface area contributed by atoms with Crippen molar-refractivity contribution in [2.24, 2.45) is 0 Å². The molecule has 0 radical (unpaired) electrons. The summed E-state index contributed by atoms with van der Waals surface area (Å²) in [4.78, 5) is 12.7. The van der Waals surface area contributed by atoms with Crippen LogP contribution in [0.1, 0.15) is 44.9 Å². The molecule has 144 valence electrons. The average Bonchev–Trinajstić information content (AvgIpc) is 2.92. The van der Waals surface area contributed by atoms with Crippen LogP contribution >= 0.6 is 11.6 Å². The first-order valence-corrected chi connectivity index (χ1v) is 11.3. The van der Waals surface area contributed by atoms with Gasteiger partial charge < -0.3 is 10.1 Å². The summed E-state index contributed by atoms with van der Waals surface area (Å²) in [6, 6.07) is 4.98. The second-order valence-electron chi connectivity index (χ2n) is 7.04. The molecule has 1 aliphatic heterocycles. The van der Waals surface area contributed by atoms with Crippen LogP contribution in [-0.4, -0.2) is 39.3 Å². The largest absolute Gasteiger partial charge is 0.478 e. The van der Waals surface area contributed by atoms with Crippen molar-refractivity contribution in [1.82, 2.24) is 5.32 Å². The first-order chi connectivity index (χ1) is 12.3. The molecule has 0 saturated heterocycles. The molecule has 0 spiro atoms. The van der Waals surface area contributed by atoms with Crippen LogP contribution in [0.2, 0.25) is 5.02 Å². The molecule has 1 heterocycles. The Kier molecular flexibility index (Phi) is 5.97. The maximum absolute atomic E-state index is 12.7. The fourth-order valence-corrected chi connectivity index (χ4v) is 4.70. The van der Waals surface area contributed by atoms with Crippen LogP contribution in [0.5, 0.6) is 5.75 Å². The number of hydrogen-bond donors (Lipinski definition) is 1. The van der Waals surface area contributed by atoms with Crippen LogP contribution in [0.3, 0.4) is 0 Å². The summed E-state index contributed by atoms with van der Waals surface area (Å²) in [5.41, 5.74) is 0.379. The Morgan fingerprint density at radius 1 is 1.19 bits per heavy atom. The molecule has 26 heavy (non-hydrogen) atoms. The third-order valence-corrected chi connectivity index (χ3v) is 6.36. The molecule has 0 aromatic heterocycles. The molecule has 2 aliphatic rings. The first kappa shape index (κ1) is 19.3. The van der Waals surface area contributed by atoms with E-state index in [2.05, 4.69) is 5.32 Å². The van der Waals surface area contributed by atoms with Crippen LogP contribution in [-0.2, 0) is 14.8 Å². The van der Waals surface area contributed by atoms with Crippen LogP contribution < -0.4 is 14.4 Å². The molecular formula is C18H25ClN2O4S. The van der Waals surface area contributed by atoms with Crippen LogP contribution in [0.15, 0.2) is 18.2 Å². The highest BCUT2D eigenvalue weighted by Gasteiger charge is 2.32. The normalized spacial score (nSPS) is 21.9. The summed E-state index contributed by atoms with van der Waals surface area (Å²) in [6.07, 6.45) is 7.36. The third-order valence-electron chi connectivity index (χ3n) is 4.95. The fourth-order valence-electron chi connectivity index (χ4n) is 3.60. The molecule has 6 nitrogen and oxygen atoms in total. The lowest BCUT2D eigenvalue weighted by atomic mass is 10.1. The van der Waals surface area contributed by atoms with Gasteiger partial charge in [-0.15, -0.1) is 0 Å². The van der Waals surface area contributed by atoms with Crippen LogP contribution in [0.4, 0.5) is 5.69 Å². The van der Waals surface area contributed by atoms with Gasteiger partial charge in [0.25, 0.3) is 5.91 Å². The Labute approximate surface area is 159 Å². The van der Waals surface area contributed by atoms with Crippen molar-refractivity contribution in [3.63, 3.8) is 0 Å². The second kappa shape index (κ2) is 8.05. The molecule has 1 unspecified atom stereocenters. The Morgan fingerprint density at radius 3 is 2.54 bits per heavy atom. The van der Waals surface area contributed by atoms with Gasteiger partial charge in [0.05, 0.1) is 11.9 Å². The number of hydrogen-bond acceptors (Lipinski definition) is 4. The van der Waals surface area contributed by atoms with E-state index in [4.69, 9.17) is 16.3 Å². The lowest BCUT2D eigenvalue weighted by Crippen LogP contribution is -2.44. The first-order valence-electron chi connectivity index (χ1n) is 9.09. The molecular weight excluding hydrogens is 376 g/mol. The Hall–Kier alpha value is -1.47. The number of fused-ring (bicyclic) bond motifs is 1. The van der Waals surface area contributed by atoms with E-state index in [1.165, 1.54) is 17.1 Å². The zero-order valence-electron chi connectivity index (χ0n) is 14.9.